The zero-order valence-electron chi connectivity index (χ0n) is 24.8. The van der Waals surface area contributed by atoms with Crippen LogP contribution >= 0.6 is 0 Å². The number of carbonyl (C=O) groups excluding carboxylic acids is 1. The van der Waals surface area contributed by atoms with E-state index in [1.54, 1.807) is 0 Å². The Hall–Kier alpha value is -0.790. The summed E-state index contributed by atoms with van der Waals surface area (Å²) in [6.07, 6.45) is 36.2. The number of rotatable bonds is 5. The van der Waals surface area contributed by atoms with E-state index in [2.05, 4.69) is 13.5 Å². The average Bonchev–Trinajstić information content (AvgIpc) is 2.92. The Morgan fingerprint density at radius 1 is 0.568 bits per heavy atom. The lowest BCUT2D eigenvalue weighted by Crippen LogP contribution is -2.55. The van der Waals surface area contributed by atoms with E-state index in [1.165, 1.54) is 173 Å². The maximum Gasteiger partial charge on any atom is 0.330 e. The van der Waals surface area contributed by atoms with Gasteiger partial charge in [0.1, 0.15) is 5.60 Å². The van der Waals surface area contributed by atoms with Crippen molar-refractivity contribution in [3.8, 4) is 0 Å². The molecule has 0 spiro atoms. The van der Waals surface area contributed by atoms with Crippen LogP contribution in [-0.4, -0.2) is 11.6 Å². The van der Waals surface area contributed by atoms with Gasteiger partial charge in [0.05, 0.1) is 0 Å². The molecule has 3 aliphatic rings. The SMILES string of the molecule is C=CC(=O)OC(C1CCCCCCCCC1)(C1CCCCCCCCC1)C1CCCCCCCC(C)C1. The van der Waals surface area contributed by atoms with Crippen LogP contribution in [0.25, 0.3) is 0 Å². The molecule has 0 radical (unpaired) electrons. The zero-order chi connectivity index (χ0) is 26.2. The van der Waals surface area contributed by atoms with E-state index in [0.29, 0.717) is 17.8 Å². The fraction of sp³-hybridized carbons (Fsp3) is 0.914. The van der Waals surface area contributed by atoms with Crippen LogP contribution < -0.4 is 0 Å². The zero-order valence-corrected chi connectivity index (χ0v) is 24.8. The molecule has 2 unspecified atom stereocenters. The lowest BCUT2D eigenvalue weighted by molar-refractivity contribution is -0.190. The van der Waals surface area contributed by atoms with E-state index >= 15 is 0 Å². The van der Waals surface area contributed by atoms with Gasteiger partial charge >= 0.3 is 5.97 Å². The molecule has 0 amide bonds. The Morgan fingerprint density at radius 2 is 0.892 bits per heavy atom. The topological polar surface area (TPSA) is 26.3 Å². The molecule has 0 heterocycles. The molecular weight excluding hydrogens is 452 g/mol. The van der Waals surface area contributed by atoms with E-state index in [0.717, 1.165) is 5.92 Å². The molecule has 3 fully saturated rings. The summed E-state index contributed by atoms with van der Waals surface area (Å²) in [5, 5.41) is 0. The molecule has 2 atom stereocenters. The van der Waals surface area contributed by atoms with Crippen LogP contribution in [0.3, 0.4) is 0 Å². The summed E-state index contributed by atoms with van der Waals surface area (Å²) in [6.45, 7) is 6.40. The van der Waals surface area contributed by atoms with Gasteiger partial charge in [-0.25, -0.2) is 4.79 Å². The monoisotopic (exact) mass is 514 g/mol. The predicted octanol–water partition coefficient (Wildman–Crippen LogP) is 11.1. The maximum absolute atomic E-state index is 13.3. The van der Waals surface area contributed by atoms with Gasteiger partial charge in [0.2, 0.25) is 0 Å². The summed E-state index contributed by atoms with van der Waals surface area (Å²) < 4.78 is 7.00. The first-order valence-electron chi connectivity index (χ1n) is 17.0. The molecule has 0 N–H and O–H groups in total. The summed E-state index contributed by atoms with van der Waals surface area (Å²) in [5.74, 6) is 2.12. The van der Waals surface area contributed by atoms with Gasteiger partial charge in [0, 0.05) is 6.08 Å². The fourth-order valence-corrected chi connectivity index (χ4v) is 8.53. The second kappa shape index (κ2) is 17.7. The van der Waals surface area contributed by atoms with Gasteiger partial charge in [-0.1, -0.05) is 142 Å². The van der Waals surface area contributed by atoms with Crippen molar-refractivity contribution in [1.29, 1.82) is 0 Å². The largest absolute Gasteiger partial charge is 0.455 e. The summed E-state index contributed by atoms with van der Waals surface area (Å²) in [7, 11) is 0. The van der Waals surface area contributed by atoms with E-state index in [1.807, 2.05) is 0 Å². The number of carbonyl (C=O) groups is 1. The van der Waals surface area contributed by atoms with Crippen LogP contribution in [0.1, 0.15) is 174 Å². The van der Waals surface area contributed by atoms with Crippen molar-refractivity contribution in [3.05, 3.63) is 12.7 Å². The standard InChI is InChI=1S/C35H62O2/c1-3-34(36)37-35(31-24-18-12-6-4-7-13-19-25-31,32-26-20-14-8-5-9-15-21-27-32)33-28-22-16-10-11-17-23-30(2)29-33/h3,30-33H,1,4-29H2,2H3. The van der Waals surface area contributed by atoms with Crippen LogP contribution in [0.2, 0.25) is 0 Å². The third-order valence-electron chi connectivity index (χ3n) is 10.5. The van der Waals surface area contributed by atoms with Crippen LogP contribution in [0.5, 0.6) is 0 Å². The Balaban J connectivity index is 2.04. The van der Waals surface area contributed by atoms with Crippen molar-refractivity contribution < 1.29 is 9.53 Å². The van der Waals surface area contributed by atoms with Gasteiger partial charge < -0.3 is 4.74 Å². The van der Waals surface area contributed by atoms with E-state index < -0.39 is 0 Å². The molecule has 0 bridgehead atoms. The van der Waals surface area contributed by atoms with E-state index in [-0.39, 0.29) is 11.6 Å². The number of hydrogen-bond acceptors (Lipinski definition) is 2. The summed E-state index contributed by atoms with van der Waals surface area (Å²) >= 11 is 0. The lowest BCUT2D eigenvalue weighted by atomic mass is 9.60. The van der Waals surface area contributed by atoms with E-state index in [4.69, 9.17) is 4.74 Å². The minimum atomic E-state index is -0.295. The third-order valence-corrected chi connectivity index (χ3v) is 10.5. The second-order valence-corrected chi connectivity index (χ2v) is 13.4. The molecule has 0 aromatic carbocycles. The molecule has 0 aliphatic heterocycles. The van der Waals surface area contributed by atoms with Crippen LogP contribution in [0.15, 0.2) is 12.7 Å². The van der Waals surface area contributed by atoms with Crippen molar-refractivity contribution in [2.45, 2.75) is 179 Å². The number of ether oxygens (including phenoxy) is 1. The van der Waals surface area contributed by atoms with Crippen molar-refractivity contribution in [3.63, 3.8) is 0 Å². The third kappa shape index (κ3) is 10.0. The van der Waals surface area contributed by atoms with Gasteiger partial charge in [-0.3, -0.25) is 0 Å². The molecule has 3 rings (SSSR count). The Kier molecular flexibility index (Phi) is 14.7. The average molecular weight is 515 g/mol. The smallest absolute Gasteiger partial charge is 0.330 e. The number of hydrogen-bond donors (Lipinski definition) is 0. The molecule has 2 nitrogen and oxygen atoms in total. The van der Waals surface area contributed by atoms with Crippen LogP contribution in [0, 0.1) is 23.7 Å². The molecule has 37 heavy (non-hydrogen) atoms. The van der Waals surface area contributed by atoms with Gasteiger partial charge in [-0.05, 0) is 62.2 Å². The summed E-state index contributed by atoms with van der Waals surface area (Å²) in [5.41, 5.74) is -0.295. The highest BCUT2D eigenvalue weighted by Crippen LogP contribution is 2.51. The fourth-order valence-electron chi connectivity index (χ4n) is 8.53. The highest BCUT2D eigenvalue weighted by Gasteiger charge is 2.52. The highest BCUT2D eigenvalue weighted by molar-refractivity contribution is 5.81. The van der Waals surface area contributed by atoms with Crippen molar-refractivity contribution in [1.82, 2.24) is 0 Å². The quantitative estimate of drug-likeness (QED) is 0.269. The highest BCUT2D eigenvalue weighted by atomic mass is 16.6. The van der Waals surface area contributed by atoms with Gasteiger partial charge in [0.15, 0.2) is 0 Å². The minimum absolute atomic E-state index is 0.140. The molecule has 214 valence electrons. The molecule has 0 saturated heterocycles. The second-order valence-electron chi connectivity index (χ2n) is 13.4. The predicted molar refractivity (Wildman–Crippen MR) is 159 cm³/mol. The first-order chi connectivity index (χ1) is 18.2. The first kappa shape index (κ1) is 30.7. The summed E-state index contributed by atoms with van der Waals surface area (Å²) in [6, 6.07) is 0. The number of esters is 1. The molecule has 0 aromatic rings. The Bertz CT molecular complexity index is 579. The Morgan fingerprint density at radius 3 is 1.27 bits per heavy atom. The molecular formula is C35H62O2. The normalized spacial score (nSPS) is 28.0. The van der Waals surface area contributed by atoms with Crippen molar-refractivity contribution in [2.75, 3.05) is 0 Å². The van der Waals surface area contributed by atoms with Crippen molar-refractivity contribution >= 4 is 5.97 Å². The molecule has 0 aromatic heterocycles. The summed E-state index contributed by atoms with van der Waals surface area (Å²) in [4.78, 5) is 13.3. The van der Waals surface area contributed by atoms with Crippen LogP contribution in [-0.2, 0) is 9.53 Å². The Labute approximate surface area is 231 Å². The van der Waals surface area contributed by atoms with Gasteiger partial charge in [-0.2, -0.15) is 0 Å². The van der Waals surface area contributed by atoms with Gasteiger partial charge in [0.25, 0.3) is 0 Å². The van der Waals surface area contributed by atoms with E-state index in [9.17, 15) is 4.79 Å². The molecule has 3 saturated carbocycles. The minimum Gasteiger partial charge on any atom is -0.455 e. The first-order valence-corrected chi connectivity index (χ1v) is 17.0. The maximum atomic E-state index is 13.3. The van der Waals surface area contributed by atoms with Crippen molar-refractivity contribution in [2.24, 2.45) is 23.7 Å². The molecule has 2 heteroatoms. The molecule has 3 aliphatic carbocycles. The van der Waals surface area contributed by atoms with Gasteiger partial charge in [-0.15, -0.1) is 0 Å². The van der Waals surface area contributed by atoms with Crippen LogP contribution in [0.4, 0.5) is 0 Å². The lowest BCUT2D eigenvalue weighted by Gasteiger charge is -2.52.